The lowest BCUT2D eigenvalue weighted by atomic mass is 9.90. The summed E-state index contributed by atoms with van der Waals surface area (Å²) in [5.41, 5.74) is 2.06. The number of hydrogen-bond donors (Lipinski definition) is 0. The summed E-state index contributed by atoms with van der Waals surface area (Å²) >= 11 is 0. The van der Waals surface area contributed by atoms with E-state index >= 15 is 0 Å². The summed E-state index contributed by atoms with van der Waals surface area (Å²) in [4.78, 5) is 51.1. The number of fused-ring (bicyclic) bond motifs is 1. The molecule has 2 atom stereocenters. The van der Waals surface area contributed by atoms with Crippen LogP contribution in [0.1, 0.15) is 31.4 Å². The molecular weight excluding hydrogens is 598 g/mol. The Labute approximate surface area is 261 Å². The largest absolute Gasteiger partial charge is 0.449 e. The molecule has 5 rings (SSSR count). The Kier molecular flexibility index (Phi) is 9.47. The molecule has 2 aromatic heterocycles. The molecule has 2 aromatic carbocycles. The summed E-state index contributed by atoms with van der Waals surface area (Å²) in [6.45, 7) is 5.79. The zero-order valence-electron chi connectivity index (χ0n) is 25.3. The Morgan fingerprint density at radius 3 is 2.40 bits per heavy atom. The first-order valence-electron chi connectivity index (χ1n) is 14.7. The smallest absolute Gasteiger partial charge is 0.415 e. The summed E-state index contributed by atoms with van der Waals surface area (Å²) < 4.78 is 38.3. The van der Waals surface area contributed by atoms with Gasteiger partial charge in [-0.3, -0.25) is 9.69 Å². The molecule has 12 nitrogen and oxygen atoms in total. The van der Waals surface area contributed by atoms with Crippen LogP contribution in [0.4, 0.5) is 15.4 Å². The number of ketones is 1. The van der Waals surface area contributed by atoms with Crippen LogP contribution in [0, 0.1) is 18.8 Å². The summed E-state index contributed by atoms with van der Waals surface area (Å²) in [7, 11) is -3.96. The number of aryl methyl sites for hydroxylation is 1. The highest BCUT2D eigenvalue weighted by Crippen LogP contribution is 2.29. The molecule has 1 fully saturated rings. The van der Waals surface area contributed by atoms with Crippen LogP contribution in [0.3, 0.4) is 0 Å². The van der Waals surface area contributed by atoms with Crippen molar-refractivity contribution in [1.82, 2.24) is 18.8 Å². The first-order valence-corrected chi connectivity index (χ1v) is 16.1. The fourth-order valence-electron chi connectivity index (χ4n) is 5.35. The third-order valence-corrected chi connectivity index (χ3v) is 9.52. The summed E-state index contributed by atoms with van der Waals surface area (Å²) in [5, 5.41) is 0. The Bertz CT molecular complexity index is 1790. The van der Waals surface area contributed by atoms with Crippen LogP contribution in [0.2, 0.25) is 0 Å². The van der Waals surface area contributed by atoms with Gasteiger partial charge in [0.2, 0.25) is 0 Å². The van der Waals surface area contributed by atoms with E-state index < -0.39 is 28.1 Å². The Morgan fingerprint density at radius 2 is 1.71 bits per heavy atom. The second-order valence-electron chi connectivity index (χ2n) is 10.8. The van der Waals surface area contributed by atoms with Gasteiger partial charge in [0, 0.05) is 25.2 Å². The number of aromatic nitrogens is 3. The molecule has 45 heavy (non-hydrogen) atoms. The van der Waals surface area contributed by atoms with Crippen LogP contribution in [0.5, 0.6) is 0 Å². The zero-order valence-corrected chi connectivity index (χ0v) is 26.1. The molecule has 13 heteroatoms. The molecule has 0 spiro atoms. The number of rotatable bonds is 10. The summed E-state index contributed by atoms with van der Waals surface area (Å²) in [6.07, 6.45) is 1.94. The molecule has 2 amide bonds. The molecule has 0 aliphatic carbocycles. The van der Waals surface area contributed by atoms with Gasteiger partial charge in [0.05, 0.1) is 24.2 Å². The van der Waals surface area contributed by atoms with Gasteiger partial charge in [-0.15, -0.1) is 0 Å². The lowest BCUT2D eigenvalue weighted by Gasteiger charge is -2.23. The molecule has 0 radical (unpaired) electrons. The maximum atomic E-state index is 13.7. The van der Waals surface area contributed by atoms with Crippen molar-refractivity contribution in [3.05, 3.63) is 84.2 Å². The number of amides is 2. The number of ether oxygens (including phenoxy) is 2. The molecular formula is C32H35N5O7S. The normalized spacial score (nSPS) is 16.5. The maximum absolute atomic E-state index is 13.7. The van der Waals surface area contributed by atoms with Gasteiger partial charge in [-0.05, 0) is 43.5 Å². The van der Waals surface area contributed by atoms with Gasteiger partial charge in [-0.25, -0.2) is 31.9 Å². The second kappa shape index (κ2) is 13.5. The molecule has 0 N–H and O–H groups in total. The standard InChI is InChI=1S/C32H35N5O7S/c1-4-24-18-35(31(39)44-21-23-9-7-6-8-10-23)19-26(24)28(38)20-36(32(40)43-5-2)29-17-33-30-27(34-29)15-16-37(30)45(41,42)25-13-11-22(3)12-14-25/h6-17,24,26H,4-5,18-21H2,1-3H3/t24-,26+/m0/s1. The fourth-order valence-corrected chi connectivity index (χ4v) is 6.65. The minimum absolute atomic E-state index is 0.0324. The van der Waals surface area contributed by atoms with Crippen LogP contribution in [0.25, 0.3) is 11.2 Å². The predicted molar refractivity (Wildman–Crippen MR) is 166 cm³/mol. The summed E-state index contributed by atoms with van der Waals surface area (Å²) in [6, 6.07) is 17.2. The zero-order chi connectivity index (χ0) is 32.1. The first-order chi connectivity index (χ1) is 21.6. The minimum Gasteiger partial charge on any atom is -0.449 e. The summed E-state index contributed by atoms with van der Waals surface area (Å²) in [5.74, 6) is -0.895. The predicted octanol–water partition coefficient (Wildman–Crippen LogP) is 4.80. The lowest BCUT2D eigenvalue weighted by molar-refractivity contribution is -0.122. The van der Waals surface area contributed by atoms with Crippen molar-refractivity contribution in [3.63, 3.8) is 0 Å². The van der Waals surface area contributed by atoms with Crippen molar-refractivity contribution < 1.29 is 32.3 Å². The van der Waals surface area contributed by atoms with Crippen LogP contribution in [-0.2, 0) is 30.9 Å². The number of Topliss-reactive ketones (excluding diaryl/α,β-unsaturated/α-hetero) is 1. The van der Waals surface area contributed by atoms with E-state index in [2.05, 4.69) is 9.97 Å². The third kappa shape index (κ3) is 6.83. The van der Waals surface area contributed by atoms with Gasteiger partial charge in [0.1, 0.15) is 12.1 Å². The highest BCUT2D eigenvalue weighted by atomic mass is 32.2. The van der Waals surface area contributed by atoms with E-state index in [-0.39, 0.29) is 59.9 Å². The van der Waals surface area contributed by atoms with E-state index in [1.54, 1.807) is 19.1 Å². The average molecular weight is 634 g/mol. The van der Waals surface area contributed by atoms with Crippen molar-refractivity contribution in [2.75, 3.05) is 31.1 Å². The molecule has 0 unspecified atom stereocenters. The van der Waals surface area contributed by atoms with Crippen molar-refractivity contribution in [3.8, 4) is 0 Å². The molecule has 4 aromatic rings. The third-order valence-electron chi connectivity index (χ3n) is 7.84. The van der Waals surface area contributed by atoms with Crippen molar-refractivity contribution in [2.45, 2.75) is 38.7 Å². The highest BCUT2D eigenvalue weighted by molar-refractivity contribution is 7.90. The molecule has 1 aliphatic heterocycles. The number of carbonyl (C=O) groups excluding carboxylic acids is 3. The maximum Gasteiger partial charge on any atom is 0.415 e. The van der Waals surface area contributed by atoms with Gasteiger partial charge in [0.15, 0.2) is 17.2 Å². The molecule has 1 aliphatic rings. The molecule has 0 saturated carbocycles. The SMILES string of the molecule is CCOC(=O)N(CC(=O)[C@@H]1CN(C(=O)OCc2ccccc2)C[C@@H]1CC)c1cnc2c(ccn2S(=O)(=O)c2ccc(C)cc2)n1. The molecule has 236 valence electrons. The van der Waals surface area contributed by atoms with Crippen molar-refractivity contribution >= 4 is 45.0 Å². The Morgan fingerprint density at radius 1 is 0.978 bits per heavy atom. The van der Waals surface area contributed by atoms with Crippen molar-refractivity contribution in [1.29, 1.82) is 0 Å². The van der Waals surface area contributed by atoms with Crippen LogP contribution in [-0.4, -0.2) is 71.5 Å². The first kappa shape index (κ1) is 31.6. The van der Waals surface area contributed by atoms with Gasteiger partial charge in [-0.1, -0.05) is 61.4 Å². The number of hydrogen-bond acceptors (Lipinski definition) is 9. The number of nitrogens with zero attached hydrogens (tertiary/aromatic N) is 5. The van der Waals surface area contributed by atoms with Crippen LogP contribution in [0.15, 0.2) is 78.0 Å². The average Bonchev–Trinajstić information content (AvgIpc) is 3.68. The van der Waals surface area contributed by atoms with E-state index in [1.807, 2.05) is 44.2 Å². The van der Waals surface area contributed by atoms with Gasteiger partial charge in [-0.2, -0.15) is 0 Å². The number of benzene rings is 2. The fraction of sp³-hybridized carbons (Fsp3) is 0.344. The van der Waals surface area contributed by atoms with Crippen LogP contribution >= 0.6 is 0 Å². The van der Waals surface area contributed by atoms with Gasteiger partial charge in [0.25, 0.3) is 10.0 Å². The Balaban J connectivity index is 1.34. The number of likely N-dealkylation sites (tertiary alicyclic amines) is 1. The van der Waals surface area contributed by atoms with E-state index in [0.717, 1.165) is 20.0 Å². The molecule has 3 heterocycles. The molecule has 1 saturated heterocycles. The van der Waals surface area contributed by atoms with Crippen LogP contribution < -0.4 is 4.90 Å². The Hall–Kier alpha value is -4.78. The van der Waals surface area contributed by atoms with Crippen molar-refractivity contribution in [2.24, 2.45) is 11.8 Å². The minimum atomic E-state index is -3.96. The molecule has 0 bridgehead atoms. The van der Waals surface area contributed by atoms with E-state index in [4.69, 9.17) is 9.47 Å². The number of anilines is 1. The highest BCUT2D eigenvalue weighted by Gasteiger charge is 2.40. The monoisotopic (exact) mass is 633 g/mol. The lowest BCUT2D eigenvalue weighted by Crippen LogP contribution is -2.41. The van der Waals surface area contributed by atoms with Gasteiger partial charge >= 0.3 is 12.2 Å². The van der Waals surface area contributed by atoms with Gasteiger partial charge < -0.3 is 14.4 Å². The van der Waals surface area contributed by atoms with E-state index in [1.165, 1.54) is 35.5 Å². The van der Waals surface area contributed by atoms with E-state index in [9.17, 15) is 22.8 Å². The number of carbonyl (C=O) groups is 3. The quantitative estimate of drug-likeness (QED) is 0.241. The van der Waals surface area contributed by atoms with E-state index in [0.29, 0.717) is 13.0 Å². The topological polar surface area (TPSA) is 141 Å². The second-order valence-corrected chi connectivity index (χ2v) is 12.7.